The zero-order chi connectivity index (χ0) is 36.7. The first-order valence-corrected chi connectivity index (χ1v) is 19.1. The van der Waals surface area contributed by atoms with E-state index >= 15 is 0 Å². The highest BCUT2D eigenvalue weighted by atomic mass is 16.5. The number of ether oxygens (including phenoxy) is 1. The van der Waals surface area contributed by atoms with Crippen LogP contribution in [-0.4, -0.2) is 9.13 Å². The number of benzene rings is 9. The maximum Gasteiger partial charge on any atom is 0.152 e. The smallest absolute Gasteiger partial charge is 0.152 e. The van der Waals surface area contributed by atoms with Crippen LogP contribution in [0.1, 0.15) is 0 Å². The molecule has 12 rings (SSSR count). The van der Waals surface area contributed by atoms with Gasteiger partial charge in [0, 0.05) is 38.6 Å². The van der Waals surface area contributed by atoms with Gasteiger partial charge >= 0.3 is 0 Å². The molecular weight excluding hydrogens is 683 g/mol. The van der Waals surface area contributed by atoms with Crippen molar-refractivity contribution in [3.05, 3.63) is 200 Å². The van der Waals surface area contributed by atoms with Gasteiger partial charge < -0.3 is 18.8 Å². The Bertz CT molecular complexity index is 3350. The van der Waals surface area contributed by atoms with E-state index < -0.39 is 0 Å². The minimum atomic E-state index is 0.833. The van der Waals surface area contributed by atoms with Gasteiger partial charge in [0.25, 0.3) is 0 Å². The topological polar surface area (TPSA) is 22.3 Å². The Morgan fingerprint density at radius 3 is 1.70 bits per heavy atom. The van der Waals surface area contributed by atoms with E-state index in [9.17, 15) is 0 Å². The Labute approximate surface area is 323 Å². The van der Waals surface area contributed by atoms with E-state index in [4.69, 9.17) is 4.74 Å². The molecule has 1 aliphatic heterocycles. The molecule has 0 atom stereocenters. The molecule has 0 unspecified atom stereocenters. The lowest BCUT2D eigenvalue weighted by atomic mass is 10.0. The fourth-order valence-electron chi connectivity index (χ4n) is 8.92. The third-order valence-corrected chi connectivity index (χ3v) is 11.5. The molecule has 0 saturated heterocycles. The fourth-order valence-corrected chi connectivity index (χ4v) is 8.92. The van der Waals surface area contributed by atoms with Crippen LogP contribution in [0.3, 0.4) is 0 Å². The van der Waals surface area contributed by atoms with E-state index in [0.29, 0.717) is 0 Å². The molecule has 0 radical (unpaired) electrons. The Morgan fingerprint density at radius 2 is 0.875 bits per heavy atom. The van der Waals surface area contributed by atoms with Gasteiger partial charge in [-0.3, -0.25) is 0 Å². The summed E-state index contributed by atoms with van der Waals surface area (Å²) in [6.45, 7) is 0. The van der Waals surface area contributed by atoms with E-state index in [1.165, 1.54) is 54.4 Å². The second kappa shape index (κ2) is 12.0. The summed E-state index contributed by atoms with van der Waals surface area (Å²) in [4.78, 5) is 2.31. The molecule has 0 fully saturated rings. The van der Waals surface area contributed by atoms with Crippen molar-refractivity contribution in [3.63, 3.8) is 0 Å². The number of rotatable bonds is 4. The van der Waals surface area contributed by atoms with Crippen LogP contribution < -0.4 is 9.64 Å². The molecule has 1 aliphatic rings. The largest absolute Gasteiger partial charge is 0.453 e. The molecule has 0 spiro atoms. The maximum atomic E-state index is 6.65. The number of hydrogen-bond donors (Lipinski definition) is 0. The van der Waals surface area contributed by atoms with Crippen molar-refractivity contribution in [3.8, 4) is 34.0 Å². The Kier molecular flexibility index (Phi) is 6.60. The Hall–Kier alpha value is -7.56. The number of para-hydroxylation sites is 5. The average molecular weight is 716 g/mol. The van der Waals surface area contributed by atoms with Crippen LogP contribution in [0, 0.1) is 0 Å². The molecule has 0 aliphatic carbocycles. The average Bonchev–Trinajstić information content (AvgIpc) is 3.77. The second-order valence-electron chi connectivity index (χ2n) is 14.6. The van der Waals surface area contributed by atoms with E-state index in [0.717, 1.165) is 51.1 Å². The molecule has 0 bridgehead atoms. The molecular formula is C52H33N3O. The molecule has 3 heterocycles. The molecule has 4 nitrogen and oxygen atoms in total. The van der Waals surface area contributed by atoms with Crippen molar-refractivity contribution in [1.82, 2.24) is 9.13 Å². The van der Waals surface area contributed by atoms with E-state index in [-0.39, 0.29) is 0 Å². The number of anilines is 3. The highest BCUT2D eigenvalue weighted by Crippen LogP contribution is 2.51. The second-order valence-corrected chi connectivity index (χ2v) is 14.6. The number of hydrogen-bond acceptors (Lipinski definition) is 2. The van der Waals surface area contributed by atoms with Gasteiger partial charge in [-0.25, -0.2) is 0 Å². The number of nitrogens with zero attached hydrogens (tertiary/aromatic N) is 3. The summed E-state index contributed by atoms with van der Waals surface area (Å²) in [6, 6.07) is 71.9. The zero-order valence-electron chi connectivity index (χ0n) is 30.3. The summed E-state index contributed by atoms with van der Waals surface area (Å²) >= 11 is 0. The van der Waals surface area contributed by atoms with Crippen LogP contribution in [0.25, 0.3) is 76.9 Å². The molecule has 11 aromatic rings. The Morgan fingerprint density at radius 1 is 0.304 bits per heavy atom. The van der Waals surface area contributed by atoms with E-state index in [1.54, 1.807) is 0 Å². The monoisotopic (exact) mass is 715 g/mol. The van der Waals surface area contributed by atoms with Crippen molar-refractivity contribution >= 4 is 71.4 Å². The normalized spacial score (nSPS) is 12.4. The summed E-state index contributed by atoms with van der Waals surface area (Å²) in [5.41, 5.74) is 12.5. The summed E-state index contributed by atoms with van der Waals surface area (Å²) in [6.07, 6.45) is 0. The predicted octanol–water partition coefficient (Wildman–Crippen LogP) is 14.3. The van der Waals surface area contributed by atoms with Crippen LogP contribution in [0.4, 0.5) is 17.1 Å². The van der Waals surface area contributed by atoms with Gasteiger partial charge in [-0.05, 0) is 113 Å². The van der Waals surface area contributed by atoms with Gasteiger partial charge in [0.1, 0.15) is 0 Å². The minimum Gasteiger partial charge on any atom is -0.453 e. The lowest BCUT2D eigenvalue weighted by Gasteiger charge is -2.33. The van der Waals surface area contributed by atoms with Crippen molar-refractivity contribution < 1.29 is 4.74 Å². The molecule has 0 saturated carbocycles. The van der Waals surface area contributed by atoms with Gasteiger partial charge in [-0.15, -0.1) is 0 Å². The molecule has 9 aromatic carbocycles. The first-order valence-electron chi connectivity index (χ1n) is 19.1. The van der Waals surface area contributed by atoms with Gasteiger partial charge in [0.05, 0.1) is 33.4 Å². The molecule has 0 amide bonds. The number of fused-ring (bicyclic) bond motifs is 9. The molecule has 56 heavy (non-hydrogen) atoms. The van der Waals surface area contributed by atoms with Gasteiger partial charge in [-0.2, -0.15) is 0 Å². The van der Waals surface area contributed by atoms with Crippen molar-refractivity contribution in [2.45, 2.75) is 0 Å². The molecule has 2 aromatic heterocycles. The minimum absolute atomic E-state index is 0.833. The van der Waals surface area contributed by atoms with Crippen molar-refractivity contribution in [2.75, 3.05) is 4.90 Å². The van der Waals surface area contributed by atoms with Gasteiger partial charge in [0.15, 0.2) is 11.5 Å². The lowest BCUT2D eigenvalue weighted by molar-refractivity contribution is 0.477. The van der Waals surface area contributed by atoms with Gasteiger partial charge in [-0.1, -0.05) is 109 Å². The SMILES string of the molecule is c1ccc(-n2c3ccccc3c3cc(-n4c5ccccc5c5cc(-c6ccc7c(c6)Oc6ccccc6N7c6ccc7ccccc7c6)ccc54)ccc32)cc1. The van der Waals surface area contributed by atoms with Crippen LogP contribution >= 0.6 is 0 Å². The summed E-state index contributed by atoms with van der Waals surface area (Å²) < 4.78 is 11.4. The highest BCUT2D eigenvalue weighted by Gasteiger charge is 2.26. The highest BCUT2D eigenvalue weighted by molar-refractivity contribution is 6.13. The van der Waals surface area contributed by atoms with Crippen LogP contribution in [-0.2, 0) is 0 Å². The lowest BCUT2D eigenvalue weighted by Crippen LogP contribution is -2.15. The summed E-state index contributed by atoms with van der Waals surface area (Å²) in [7, 11) is 0. The van der Waals surface area contributed by atoms with Gasteiger partial charge in [0.2, 0.25) is 0 Å². The predicted molar refractivity (Wildman–Crippen MR) is 233 cm³/mol. The maximum absolute atomic E-state index is 6.65. The standard InChI is InChI=1S/C52H33N3O/c1-2-14-38(15-3-1)53-45-18-8-7-17-42(45)44-33-40(26-29-48(44)53)54-46-19-9-6-16-41(46)43-31-36(23-27-47(43)54)37-24-28-50-52(32-37)56-51-21-11-10-20-49(51)55(50)39-25-22-34-12-4-5-13-35(34)30-39/h1-33H. The third-order valence-electron chi connectivity index (χ3n) is 11.5. The first kappa shape index (κ1) is 30.9. The van der Waals surface area contributed by atoms with E-state index in [1.807, 2.05) is 6.07 Å². The van der Waals surface area contributed by atoms with Crippen LogP contribution in [0.15, 0.2) is 200 Å². The first-order chi connectivity index (χ1) is 27.8. The fraction of sp³-hybridized carbons (Fsp3) is 0. The molecule has 0 N–H and O–H groups in total. The number of aromatic nitrogens is 2. The van der Waals surface area contributed by atoms with Crippen molar-refractivity contribution in [1.29, 1.82) is 0 Å². The summed E-state index contributed by atoms with van der Waals surface area (Å²) in [5.74, 6) is 1.67. The van der Waals surface area contributed by atoms with Crippen molar-refractivity contribution in [2.24, 2.45) is 0 Å². The quantitative estimate of drug-likeness (QED) is 0.181. The Balaban J connectivity index is 0.993. The zero-order valence-corrected chi connectivity index (χ0v) is 30.3. The summed E-state index contributed by atoms with van der Waals surface area (Å²) in [5, 5.41) is 7.35. The van der Waals surface area contributed by atoms with Crippen LogP contribution in [0.5, 0.6) is 11.5 Å². The molecule has 4 heteroatoms. The van der Waals surface area contributed by atoms with Crippen LogP contribution in [0.2, 0.25) is 0 Å². The molecule has 262 valence electrons. The van der Waals surface area contributed by atoms with E-state index in [2.05, 4.69) is 208 Å². The third kappa shape index (κ3) is 4.60.